The predicted octanol–water partition coefficient (Wildman–Crippen LogP) is 2.82. The monoisotopic (exact) mass is 285 g/mol. The van der Waals surface area contributed by atoms with Crippen LogP contribution in [0.5, 0.6) is 0 Å². The number of aromatic nitrogens is 2. The summed E-state index contributed by atoms with van der Waals surface area (Å²) in [4.78, 5) is 2.53. The third-order valence-corrected chi connectivity index (χ3v) is 3.98. The molecule has 0 bridgehead atoms. The highest BCUT2D eigenvalue weighted by molar-refractivity contribution is 9.09. The first-order valence-corrected chi connectivity index (χ1v) is 7.17. The lowest BCUT2D eigenvalue weighted by Crippen LogP contribution is -2.30. The van der Waals surface area contributed by atoms with Crippen LogP contribution < -0.4 is 0 Å². The van der Waals surface area contributed by atoms with Crippen molar-refractivity contribution >= 4 is 15.9 Å². The molecule has 1 aliphatic heterocycles. The SMILES string of the molecule is CC(C)n1ccc(CN2CCCC2CBr)n1. The summed E-state index contributed by atoms with van der Waals surface area (Å²) in [6.07, 6.45) is 4.72. The molecule has 0 aromatic carbocycles. The van der Waals surface area contributed by atoms with Crippen LogP contribution in [0.4, 0.5) is 0 Å². The normalized spacial score (nSPS) is 22.1. The molecule has 1 aromatic rings. The zero-order valence-corrected chi connectivity index (χ0v) is 11.7. The molecule has 1 fully saturated rings. The Balaban J connectivity index is 1.97. The average Bonchev–Trinajstić information content (AvgIpc) is 2.87. The molecule has 0 saturated carbocycles. The van der Waals surface area contributed by atoms with Crippen molar-refractivity contribution < 1.29 is 0 Å². The molecule has 1 aliphatic rings. The second-order valence-corrected chi connectivity index (χ2v) is 5.45. The molecule has 0 radical (unpaired) electrons. The van der Waals surface area contributed by atoms with Crippen molar-refractivity contribution in [3.8, 4) is 0 Å². The third kappa shape index (κ3) is 2.66. The fourth-order valence-electron chi connectivity index (χ4n) is 2.24. The van der Waals surface area contributed by atoms with Crippen LogP contribution in [0.15, 0.2) is 12.3 Å². The van der Waals surface area contributed by atoms with Gasteiger partial charge in [-0.05, 0) is 39.3 Å². The van der Waals surface area contributed by atoms with Crippen LogP contribution in [0.1, 0.15) is 38.4 Å². The minimum atomic E-state index is 0.458. The molecular formula is C12H20BrN3. The van der Waals surface area contributed by atoms with E-state index in [-0.39, 0.29) is 0 Å². The van der Waals surface area contributed by atoms with E-state index in [0.29, 0.717) is 12.1 Å². The Morgan fingerprint density at radius 2 is 2.38 bits per heavy atom. The van der Waals surface area contributed by atoms with Crippen molar-refractivity contribution in [2.75, 3.05) is 11.9 Å². The van der Waals surface area contributed by atoms with Gasteiger partial charge in [-0.2, -0.15) is 5.10 Å². The van der Waals surface area contributed by atoms with Crippen LogP contribution in [0.3, 0.4) is 0 Å². The molecule has 3 nitrogen and oxygen atoms in total. The van der Waals surface area contributed by atoms with E-state index in [0.717, 1.165) is 11.9 Å². The molecule has 1 saturated heterocycles. The molecule has 4 heteroatoms. The second kappa shape index (κ2) is 5.32. The topological polar surface area (TPSA) is 21.1 Å². The fourth-order valence-corrected chi connectivity index (χ4v) is 2.97. The standard InChI is InChI=1S/C12H20BrN3/c1-10(2)16-7-5-11(14-16)9-15-6-3-4-12(15)8-13/h5,7,10,12H,3-4,6,8-9H2,1-2H3. The van der Waals surface area contributed by atoms with E-state index in [2.05, 4.69) is 52.0 Å². The highest BCUT2D eigenvalue weighted by Crippen LogP contribution is 2.21. The van der Waals surface area contributed by atoms with Crippen LogP contribution in [0.2, 0.25) is 0 Å². The van der Waals surface area contributed by atoms with E-state index in [4.69, 9.17) is 0 Å². The summed E-state index contributed by atoms with van der Waals surface area (Å²) in [6.45, 7) is 6.53. The van der Waals surface area contributed by atoms with Crippen molar-refractivity contribution in [2.24, 2.45) is 0 Å². The van der Waals surface area contributed by atoms with Crippen LogP contribution in [-0.2, 0) is 6.54 Å². The maximum atomic E-state index is 4.60. The zero-order valence-electron chi connectivity index (χ0n) is 10.1. The lowest BCUT2D eigenvalue weighted by Gasteiger charge is -2.21. The summed E-state index contributed by atoms with van der Waals surface area (Å²) in [5.41, 5.74) is 1.20. The van der Waals surface area contributed by atoms with E-state index in [9.17, 15) is 0 Å². The molecule has 0 N–H and O–H groups in total. The Labute approximate surface area is 106 Å². The number of hydrogen-bond donors (Lipinski definition) is 0. The van der Waals surface area contributed by atoms with E-state index >= 15 is 0 Å². The summed E-state index contributed by atoms with van der Waals surface area (Å²) in [5.74, 6) is 0. The van der Waals surface area contributed by atoms with Crippen LogP contribution in [0.25, 0.3) is 0 Å². The summed E-state index contributed by atoms with van der Waals surface area (Å²) in [7, 11) is 0. The van der Waals surface area contributed by atoms with Gasteiger partial charge in [-0.15, -0.1) is 0 Å². The van der Waals surface area contributed by atoms with Crippen LogP contribution in [-0.4, -0.2) is 32.6 Å². The second-order valence-electron chi connectivity index (χ2n) is 4.80. The minimum absolute atomic E-state index is 0.458. The lowest BCUT2D eigenvalue weighted by molar-refractivity contribution is 0.260. The molecule has 16 heavy (non-hydrogen) atoms. The summed E-state index contributed by atoms with van der Waals surface area (Å²) >= 11 is 3.59. The Morgan fingerprint density at radius 3 is 3.00 bits per heavy atom. The molecule has 2 rings (SSSR count). The molecule has 0 aliphatic carbocycles. The van der Waals surface area contributed by atoms with E-state index in [1.165, 1.54) is 25.1 Å². The molecule has 1 unspecified atom stereocenters. The van der Waals surface area contributed by atoms with Gasteiger partial charge >= 0.3 is 0 Å². The fraction of sp³-hybridized carbons (Fsp3) is 0.750. The molecular weight excluding hydrogens is 266 g/mol. The first-order chi connectivity index (χ1) is 7.70. The number of nitrogens with zero attached hydrogens (tertiary/aromatic N) is 3. The molecule has 2 heterocycles. The quantitative estimate of drug-likeness (QED) is 0.794. The van der Waals surface area contributed by atoms with Crippen molar-refractivity contribution in [3.05, 3.63) is 18.0 Å². The molecule has 0 amide bonds. The summed E-state index contributed by atoms with van der Waals surface area (Å²) in [5, 5.41) is 5.68. The number of hydrogen-bond acceptors (Lipinski definition) is 2. The number of halogens is 1. The minimum Gasteiger partial charge on any atom is -0.294 e. The van der Waals surface area contributed by atoms with E-state index < -0.39 is 0 Å². The van der Waals surface area contributed by atoms with Gasteiger partial charge in [-0.3, -0.25) is 9.58 Å². The van der Waals surface area contributed by atoms with Crippen molar-refractivity contribution in [3.63, 3.8) is 0 Å². The maximum absolute atomic E-state index is 4.60. The third-order valence-electron chi connectivity index (χ3n) is 3.23. The van der Waals surface area contributed by atoms with Gasteiger partial charge in [0, 0.05) is 30.2 Å². The van der Waals surface area contributed by atoms with Gasteiger partial charge in [0.1, 0.15) is 0 Å². The number of rotatable bonds is 4. The highest BCUT2D eigenvalue weighted by atomic mass is 79.9. The van der Waals surface area contributed by atoms with Gasteiger partial charge < -0.3 is 0 Å². The van der Waals surface area contributed by atoms with Crippen molar-refractivity contribution in [1.29, 1.82) is 0 Å². The molecule has 0 spiro atoms. The maximum Gasteiger partial charge on any atom is 0.0765 e. The number of likely N-dealkylation sites (tertiary alicyclic amines) is 1. The summed E-state index contributed by atoms with van der Waals surface area (Å²) in [6, 6.07) is 3.30. The van der Waals surface area contributed by atoms with Crippen molar-refractivity contribution in [1.82, 2.24) is 14.7 Å². The Morgan fingerprint density at radius 1 is 1.56 bits per heavy atom. The van der Waals surface area contributed by atoms with E-state index in [1.807, 2.05) is 4.68 Å². The smallest absolute Gasteiger partial charge is 0.0765 e. The molecule has 90 valence electrons. The predicted molar refractivity (Wildman–Crippen MR) is 69.8 cm³/mol. The van der Waals surface area contributed by atoms with Crippen LogP contribution in [0, 0.1) is 0 Å². The van der Waals surface area contributed by atoms with Gasteiger partial charge in [0.05, 0.1) is 5.69 Å². The van der Waals surface area contributed by atoms with Gasteiger partial charge in [0.25, 0.3) is 0 Å². The number of alkyl halides is 1. The Kier molecular flexibility index (Phi) is 4.03. The Bertz CT molecular complexity index is 335. The van der Waals surface area contributed by atoms with Gasteiger partial charge in [-0.25, -0.2) is 0 Å². The first kappa shape index (κ1) is 12.1. The average molecular weight is 286 g/mol. The first-order valence-electron chi connectivity index (χ1n) is 6.04. The van der Waals surface area contributed by atoms with Crippen molar-refractivity contribution in [2.45, 2.75) is 45.3 Å². The van der Waals surface area contributed by atoms with Gasteiger partial charge in [-0.1, -0.05) is 15.9 Å². The molecule has 1 atom stereocenters. The Hall–Kier alpha value is -0.350. The largest absolute Gasteiger partial charge is 0.294 e. The summed E-state index contributed by atoms with van der Waals surface area (Å²) < 4.78 is 2.04. The van der Waals surface area contributed by atoms with Crippen LogP contribution >= 0.6 is 15.9 Å². The van der Waals surface area contributed by atoms with E-state index in [1.54, 1.807) is 0 Å². The highest BCUT2D eigenvalue weighted by Gasteiger charge is 2.23. The zero-order chi connectivity index (χ0) is 11.5. The molecule has 1 aromatic heterocycles. The lowest BCUT2D eigenvalue weighted by atomic mass is 10.2. The van der Waals surface area contributed by atoms with Gasteiger partial charge in [0.15, 0.2) is 0 Å². The van der Waals surface area contributed by atoms with Gasteiger partial charge in [0.2, 0.25) is 0 Å².